The molecule has 0 aliphatic heterocycles. The summed E-state index contributed by atoms with van der Waals surface area (Å²) >= 11 is 0. The second kappa shape index (κ2) is 6.94. The molecule has 0 radical (unpaired) electrons. The van der Waals surface area contributed by atoms with E-state index in [2.05, 4.69) is 15.3 Å². The van der Waals surface area contributed by atoms with E-state index in [1.165, 1.54) is 25.5 Å². The van der Waals surface area contributed by atoms with Crippen molar-refractivity contribution in [2.24, 2.45) is 0 Å². The molecule has 3 aromatic rings. The molecule has 0 spiro atoms. The van der Waals surface area contributed by atoms with Crippen LogP contribution in [-0.2, 0) is 16.4 Å². The van der Waals surface area contributed by atoms with Gasteiger partial charge in [-0.15, -0.1) is 0 Å². The number of aromatic nitrogens is 2. The van der Waals surface area contributed by atoms with Crippen molar-refractivity contribution in [2.75, 3.05) is 18.7 Å². The number of nitrogens with one attached hydrogen (secondary N) is 1. The zero-order chi connectivity index (χ0) is 17.9. The molecule has 0 saturated heterocycles. The second-order valence-corrected chi connectivity index (χ2v) is 7.41. The molecule has 25 heavy (non-hydrogen) atoms. The fourth-order valence-electron chi connectivity index (χ4n) is 2.25. The third kappa shape index (κ3) is 3.97. The van der Waals surface area contributed by atoms with Gasteiger partial charge in [0.1, 0.15) is 11.5 Å². The average molecular weight is 359 g/mol. The van der Waals surface area contributed by atoms with E-state index in [0.717, 1.165) is 5.56 Å². The predicted octanol–water partition coefficient (Wildman–Crippen LogP) is 2.76. The molecule has 2 heterocycles. The number of methoxy groups -OCH3 is 1. The van der Waals surface area contributed by atoms with E-state index in [1.54, 1.807) is 30.9 Å². The molecule has 0 amide bonds. The molecule has 0 atom stereocenters. The van der Waals surface area contributed by atoms with Crippen LogP contribution >= 0.6 is 0 Å². The van der Waals surface area contributed by atoms with Crippen molar-refractivity contribution < 1.29 is 17.6 Å². The smallest absolute Gasteiger partial charge is 0.240 e. The van der Waals surface area contributed by atoms with Gasteiger partial charge in [-0.1, -0.05) is 12.1 Å². The monoisotopic (exact) mass is 359 g/mol. The Hall–Kier alpha value is -2.87. The van der Waals surface area contributed by atoms with Crippen LogP contribution in [0, 0.1) is 0 Å². The Morgan fingerprint density at radius 3 is 2.56 bits per heavy atom. The highest BCUT2D eigenvalue weighted by atomic mass is 32.2. The third-order valence-corrected chi connectivity index (χ3v) is 4.67. The highest BCUT2D eigenvalue weighted by Crippen LogP contribution is 2.28. The summed E-state index contributed by atoms with van der Waals surface area (Å²) in [4.78, 5) is 9.03. The fraction of sp³-hybridized carbons (Fsp3) is 0.176. The Morgan fingerprint density at radius 1 is 1.20 bits per heavy atom. The van der Waals surface area contributed by atoms with Crippen molar-refractivity contribution in [2.45, 2.75) is 11.4 Å². The van der Waals surface area contributed by atoms with E-state index in [0.29, 0.717) is 29.5 Å². The molecule has 0 bridgehead atoms. The van der Waals surface area contributed by atoms with E-state index >= 15 is 0 Å². The summed E-state index contributed by atoms with van der Waals surface area (Å²) in [6.45, 7) is 0.546. The first-order valence-electron chi connectivity index (χ1n) is 7.44. The van der Waals surface area contributed by atoms with E-state index in [1.807, 2.05) is 6.07 Å². The van der Waals surface area contributed by atoms with Gasteiger partial charge in [0.05, 0.1) is 30.7 Å². The predicted molar refractivity (Wildman–Crippen MR) is 93.2 cm³/mol. The number of ether oxygens (including phenoxy) is 1. The number of benzene rings is 1. The molecule has 3 rings (SSSR count). The van der Waals surface area contributed by atoms with Crippen LogP contribution in [0.2, 0.25) is 0 Å². The van der Waals surface area contributed by atoms with Crippen molar-refractivity contribution in [1.29, 1.82) is 0 Å². The number of sulfone groups is 1. The number of anilines is 1. The summed E-state index contributed by atoms with van der Waals surface area (Å²) in [5, 5.41) is 3.16. The maximum atomic E-state index is 11.6. The van der Waals surface area contributed by atoms with Crippen molar-refractivity contribution in [3.63, 3.8) is 0 Å². The summed E-state index contributed by atoms with van der Waals surface area (Å²) in [6, 6.07) is 8.30. The van der Waals surface area contributed by atoms with Crippen molar-refractivity contribution >= 4 is 15.7 Å². The zero-order valence-electron chi connectivity index (χ0n) is 13.8. The standard InChI is InChI=1S/C17H17N3O4S/c1-23-17-16(13-3-5-14(6-4-13)25(2,21)22)20-15(10-19-17)18-9-12-7-8-24-11-12/h3-8,10-11H,9H2,1-2H3,(H,18,20). The highest BCUT2D eigenvalue weighted by molar-refractivity contribution is 7.90. The van der Waals surface area contributed by atoms with E-state index in [-0.39, 0.29) is 4.90 Å². The minimum absolute atomic E-state index is 0.248. The summed E-state index contributed by atoms with van der Waals surface area (Å²) < 4.78 is 33.5. The molecule has 0 aliphatic carbocycles. The largest absolute Gasteiger partial charge is 0.479 e. The Labute approximate surface area is 145 Å². The first-order chi connectivity index (χ1) is 12.0. The van der Waals surface area contributed by atoms with Gasteiger partial charge in [-0.25, -0.2) is 18.4 Å². The molecule has 1 aromatic carbocycles. The van der Waals surface area contributed by atoms with E-state index < -0.39 is 9.84 Å². The molecule has 130 valence electrons. The minimum Gasteiger partial charge on any atom is -0.479 e. The van der Waals surface area contributed by atoms with Crippen LogP contribution in [-0.4, -0.2) is 31.8 Å². The molecule has 2 aromatic heterocycles. The van der Waals surface area contributed by atoms with Crippen molar-refractivity contribution in [1.82, 2.24) is 9.97 Å². The zero-order valence-corrected chi connectivity index (χ0v) is 14.6. The first-order valence-corrected chi connectivity index (χ1v) is 9.33. The lowest BCUT2D eigenvalue weighted by Crippen LogP contribution is -2.04. The number of furan rings is 1. The van der Waals surface area contributed by atoms with Crippen molar-refractivity contribution in [3.05, 3.63) is 54.6 Å². The molecule has 7 nitrogen and oxygen atoms in total. The quantitative estimate of drug-likeness (QED) is 0.723. The molecule has 0 fully saturated rings. The molecule has 0 aliphatic rings. The van der Waals surface area contributed by atoms with Gasteiger partial charge >= 0.3 is 0 Å². The van der Waals surface area contributed by atoms with Crippen LogP contribution in [0.3, 0.4) is 0 Å². The van der Waals surface area contributed by atoms with Gasteiger partial charge in [-0.2, -0.15) is 0 Å². The maximum absolute atomic E-state index is 11.6. The number of hydrogen-bond donors (Lipinski definition) is 1. The number of rotatable bonds is 6. The van der Waals surface area contributed by atoms with Gasteiger partial charge in [0.2, 0.25) is 5.88 Å². The highest BCUT2D eigenvalue weighted by Gasteiger charge is 2.13. The van der Waals surface area contributed by atoms with Gasteiger partial charge in [-0.3, -0.25) is 0 Å². The normalized spacial score (nSPS) is 11.3. The molecule has 0 unspecified atom stereocenters. The summed E-state index contributed by atoms with van der Waals surface area (Å²) in [7, 11) is -1.74. The molecular weight excluding hydrogens is 342 g/mol. The fourth-order valence-corrected chi connectivity index (χ4v) is 2.88. The Balaban J connectivity index is 1.89. The van der Waals surface area contributed by atoms with Crippen LogP contribution in [0.5, 0.6) is 5.88 Å². The lowest BCUT2D eigenvalue weighted by atomic mass is 10.1. The van der Waals surface area contributed by atoms with Crippen molar-refractivity contribution in [3.8, 4) is 17.1 Å². The Bertz CT molecular complexity index is 952. The first kappa shape index (κ1) is 17.0. The average Bonchev–Trinajstić information content (AvgIpc) is 3.12. The number of nitrogens with zero attached hydrogens (tertiary/aromatic N) is 2. The summed E-state index contributed by atoms with van der Waals surface area (Å²) in [6.07, 6.45) is 6.00. The second-order valence-electron chi connectivity index (χ2n) is 5.39. The van der Waals surface area contributed by atoms with Gasteiger partial charge in [-0.05, 0) is 18.2 Å². The molecular formula is C17H17N3O4S. The summed E-state index contributed by atoms with van der Waals surface area (Å²) in [5.74, 6) is 0.935. The third-order valence-electron chi connectivity index (χ3n) is 3.54. The van der Waals surface area contributed by atoms with Crippen LogP contribution in [0.1, 0.15) is 5.56 Å². The van der Waals surface area contributed by atoms with Gasteiger partial charge < -0.3 is 14.5 Å². The van der Waals surface area contributed by atoms with Gasteiger partial charge in [0, 0.05) is 23.9 Å². The SMILES string of the molecule is COc1ncc(NCc2ccoc2)nc1-c1ccc(S(C)(=O)=O)cc1. The molecule has 0 saturated carbocycles. The van der Waals surface area contributed by atoms with E-state index in [4.69, 9.17) is 9.15 Å². The maximum Gasteiger partial charge on any atom is 0.240 e. The lowest BCUT2D eigenvalue weighted by molar-refractivity contribution is 0.398. The van der Waals surface area contributed by atoms with Crippen LogP contribution in [0.15, 0.2) is 58.4 Å². The van der Waals surface area contributed by atoms with Gasteiger partial charge in [0.25, 0.3) is 0 Å². The van der Waals surface area contributed by atoms with E-state index in [9.17, 15) is 8.42 Å². The van der Waals surface area contributed by atoms with Crippen LogP contribution < -0.4 is 10.1 Å². The summed E-state index contributed by atoms with van der Waals surface area (Å²) in [5.41, 5.74) is 2.22. The molecule has 8 heteroatoms. The van der Waals surface area contributed by atoms with Crippen LogP contribution in [0.4, 0.5) is 5.82 Å². The van der Waals surface area contributed by atoms with Gasteiger partial charge in [0.15, 0.2) is 9.84 Å². The lowest BCUT2D eigenvalue weighted by Gasteiger charge is -2.10. The Morgan fingerprint density at radius 2 is 1.96 bits per heavy atom. The molecule has 1 N–H and O–H groups in total. The number of hydrogen-bond acceptors (Lipinski definition) is 7. The minimum atomic E-state index is -3.25. The Kier molecular flexibility index (Phi) is 4.71. The van der Waals surface area contributed by atoms with Crippen LogP contribution in [0.25, 0.3) is 11.3 Å². The topological polar surface area (TPSA) is 94.3 Å².